The van der Waals surface area contributed by atoms with E-state index in [1.807, 2.05) is 12.1 Å². The lowest BCUT2D eigenvalue weighted by Crippen LogP contribution is -2.52. The number of hydrogen-bond donors (Lipinski definition) is 4. The molecule has 0 amide bonds. The predicted molar refractivity (Wildman–Crippen MR) is 169 cm³/mol. The van der Waals surface area contributed by atoms with Crippen LogP contribution in [0.4, 0.5) is 24.5 Å². The largest absolute Gasteiger partial charge is 0.413 e. The van der Waals surface area contributed by atoms with E-state index in [0.29, 0.717) is 62.1 Å². The average Bonchev–Trinajstić information content (AvgIpc) is 3.72. The average molecular weight is 622 g/mol. The van der Waals surface area contributed by atoms with Crippen molar-refractivity contribution in [1.82, 2.24) is 25.9 Å². The summed E-state index contributed by atoms with van der Waals surface area (Å²) in [5, 5.41) is 29.1. The molecule has 2 aromatic heterocycles. The minimum atomic E-state index is -4.44. The Hall–Kier alpha value is -5.51. The topological polar surface area (TPSA) is 125 Å². The van der Waals surface area contributed by atoms with Crippen LogP contribution in [0, 0.1) is 40.4 Å². The van der Waals surface area contributed by atoms with E-state index in [1.165, 1.54) is 6.20 Å². The molecule has 6 rings (SSSR count). The highest BCUT2D eigenvalue weighted by atomic mass is 19.4. The van der Waals surface area contributed by atoms with Crippen LogP contribution in [-0.4, -0.2) is 33.2 Å². The number of nitrogens with one attached hydrogen (secondary N) is 4. The molecule has 0 spiro atoms. The maximum atomic E-state index is 14.1. The number of hydrazine groups is 2. The summed E-state index contributed by atoms with van der Waals surface area (Å²) < 4.78 is 42.2. The van der Waals surface area contributed by atoms with Crippen LogP contribution in [-0.2, 0) is 0 Å². The Morgan fingerprint density at radius 2 is 1.76 bits per heavy atom. The van der Waals surface area contributed by atoms with Crippen molar-refractivity contribution < 1.29 is 13.2 Å². The van der Waals surface area contributed by atoms with Gasteiger partial charge in [0.1, 0.15) is 12.1 Å². The van der Waals surface area contributed by atoms with Gasteiger partial charge in [-0.25, -0.2) is 0 Å². The zero-order valence-corrected chi connectivity index (χ0v) is 25.3. The smallest absolute Gasteiger partial charge is 0.383 e. The molecule has 1 fully saturated rings. The first kappa shape index (κ1) is 30.5. The van der Waals surface area contributed by atoms with Crippen molar-refractivity contribution in [3.05, 3.63) is 82.9 Å². The fraction of sp³-hybridized carbons (Fsp3) is 0.294. The standard InChI is InChI=1S/C34H30F3N9/c1-5-20-17-41-30-22(16-39)13-23(14-26(30)28(20)42-19-32(2,3)4)43-31(25-9-8-21(15-38)29-24(25)7-6-12-40-29)27-18-46(45-44-27)33(10-11-33)34(35,36)37/h1,6-9,12-14,17-18,31,43-45H,10-11,19H2,2-4H3,(H,41,42)/t31-/m0/s1. The number of benzene rings is 2. The van der Waals surface area contributed by atoms with Gasteiger partial charge in [0.05, 0.1) is 45.2 Å². The third-order valence-corrected chi connectivity index (χ3v) is 8.20. The van der Waals surface area contributed by atoms with E-state index in [0.717, 1.165) is 5.01 Å². The van der Waals surface area contributed by atoms with Crippen molar-refractivity contribution in [3.8, 4) is 24.5 Å². The molecule has 0 bridgehead atoms. The van der Waals surface area contributed by atoms with Crippen LogP contribution in [0.25, 0.3) is 21.8 Å². The molecule has 232 valence electrons. The molecule has 0 unspecified atom stereocenters. The van der Waals surface area contributed by atoms with Gasteiger partial charge in [-0.3, -0.25) is 15.0 Å². The van der Waals surface area contributed by atoms with Crippen LogP contribution < -0.4 is 21.6 Å². The molecule has 1 aliphatic carbocycles. The number of terminal acetylenes is 1. The highest BCUT2D eigenvalue weighted by Gasteiger charge is 2.67. The van der Waals surface area contributed by atoms with Gasteiger partial charge in [-0.1, -0.05) is 38.8 Å². The van der Waals surface area contributed by atoms with E-state index in [-0.39, 0.29) is 23.8 Å². The number of hydrogen-bond acceptors (Lipinski definition) is 9. The summed E-state index contributed by atoms with van der Waals surface area (Å²) in [5.41, 5.74) is 7.84. The highest BCUT2D eigenvalue weighted by molar-refractivity contribution is 5.99. The fourth-order valence-corrected chi connectivity index (χ4v) is 5.64. The summed E-state index contributed by atoms with van der Waals surface area (Å²) in [6, 6.07) is 14.0. The van der Waals surface area contributed by atoms with Crippen LogP contribution in [0.3, 0.4) is 0 Å². The van der Waals surface area contributed by atoms with E-state index >= 15 is 0 Å². The Labute approximate surface area is 264 Å². The van der Waals surface area contributed by atoms with Gasteiger partial charge in [0.25, 0.3) is 0 Å². The highest BCUT2D eigenvalue weighted by Crippen LogP contribution is 2.54. The molecule has 0 radical (unpaired) electrons. The summed E-state index contributed by atoms with van der Waals surface area (Å²) in [4.78, 5) is 8.91. The first-order chi connectivity index (χ1) is 21.9. The van der Waals surface area contributed by atoms with Crippen molar-refractivity contribution in [2.75, 3.05) is 17.2 Å². The van der Waals surface area contributed by atoms with Crippen molar-refractivity contribution in [3.63, 3.8) is 0 Å². The van der Waals surface area contributed by atoms with Gasteiger partial charge in [0.15, 0.2) is 5.54 Å². The second-order valence-corrected chi connectivity index (χ2v) is 12.6. The van der Waals surface area contributed by atoms with E-state index in [1.54, 1.807) is 36.7 Å². The van der Waals surface area contributed by atoms with Crippen LogP contribution in [0.5, 0.6) is 0 Å². The number of rotatable bonds is 7. The van der Waals surface area contributed by atoms with Gasteiger partial charge in [0.2, 0.25) is 0 Å². The Bertz CT molecular complexity index is 2020. The zero-order valence-electron chi connectivity index (χ0n) is 25.3. The summed E-state index contributed by atoms with van der Waals surface area (Å²) in [5.74, 6) is 2.67. The predicted octanol–water partition coefficient (Wildman–Crippen LogP) is 6.38. The van der Waals surface area contributed by atoms with E-state index < -0.39 is 17.8 Å². The summed E-state index contributed by atoms with van der Waals surface area (Å²) in [7, 11) is 0. The number of nitriles is 2. The molecule has 4 N–H and O–H groups in total. The first-order valence-corrected chi connectivity index (χ1v) is 14.6. The summed E-state index contributed by atoms with van der Waals surface area (Å²) in [6.45, 7) is 6.83. The molecule has 2 aromatic carbocycles. The van der Waals surface area contributed by atoms with Crippen molar-refractivity contribution >= 4 is 33.2 Å². The number of alkyl halides is 3. The van der Waals surface area contributed by atoms with E-state index in [9.17, 15) is 23.7 Å². The Balaban J connectivity index is 1.51. The number of nitrogens with zero attached hydrogens (tertiary/aromatic N) is 5. The monoisotopic (exact) mass is 621 g/mol. The molecular weight excluding hydrogens is 591 g/mol. The molecule has 9 nitrogen and oxygen atoms in total. The number of halogens is 3. The van der Waals surface area contributed by atoms with Gasteiger partial charge < -0.3 is 16.1 Å². The number of aromatic nitrogens is 2. The molecule has 12 heteroatoms. The van der Waals surface area contributed by atoms with E-state index in [2.05, 4.69) is 70.4 Å². The molecule has 3 heterocycles. The van der Waals surface area contributed by atoms with Gasteiger partial charge in [-0.2, -0.15) is 23.7 Å². The van der Waals surface area contributed by atoms with E-state index in [4.69, 9.17) is 6.42 Å². The fourth-order valence-electron chi connectivity index (χ4n) is 5.64. The number of fused-ring (bicyclic) bond motifs is 2. The van der Waals surface area contributed by atoms with Crippen LogP contribution in [0.1, 0.15) is 61.9 Å². The minimum absolute atomic E-state index is 0.0399. The molecule has 1 saturated carbocycles. The third-order valence-electron chi connectivity index (χ3n) is 8.20. The second-order valence-electron chi connectivity index (χ2n) is 12.6. The van der Waals surface area contributed by atoms with Crippen LogP contribution in [0.2, 0.25) is 0 Å². The van der Waals surface area contributed by atoms with Crippen molar-refractivity contribution in [2.45, 2.75) is 51.4 Å². The molecule has 2 aliphatic rings. The van der Waals surface area contributed by atoms with Crippen molar-refractivity contribution in [1.29, 1.82) is 10.5 Å². The van der Waals surface area contributed by atoms with Gasteiger partial charge in [-0.05, 0) is 48.1 Å². The van der Waals surface area contributed by atoms with Crippen LogP contribution >= 0.6 is 0 Å². The van der Waals surface area contributed by atoms with Gasteiger partial charge >= 0.3 is 6.18 Å². The number of anilines is 2. The third kappa shape index (κ3) is 5.36. The molecule has 46 heavy (non-hydrogen) atoms. The quantitative estimate of drug-likeness (QED) is 0.174. The van der Waals surface area contributed by atoms with Gasteiger partial charge in [-0.15, -0.1) is 12.0 Å². The summed E-state index contributed by atoms with van der Waals surface area (Å²) in [6.07, 6.45) is 5.87. The molecule has 1 aliphatic heterocycles. The lowest BCUT2D eigenvalue weighted by atomic mass is 9.95. The summed E-state index contributed by atoms with van der Waals surface area (Å²) >= 11 is 0. The van der Waals surface area contributed by atoms with Crippen LogP contribution in [0.15, 0.2) is 60.7 Å². The lowest BCUT2D eigenvalue weighted by Gasteiger charge is -2.28. The lowest BCUT2D eigenvalue weighted by molar-refractivity contribution is -0.195. The second kappa shape index (κ2) is 11.1. The maximum Gasteiger partial charge on any atom is 0.413 e. The molecule has 4 aromatic rings. The van der Waals surface area contributed by atoms with Gasteiger partial charge in [0, 0.05) is 41.6 Å². The molecular formula is C34H30F3N9. The SMILES string of the molecule is C#Cc1cnc2c(C#N)cc(N[C@H](C3=CN(C4(C(F)(F)F)CC4)NN3)c3ccc(C#N)c4ncccc34)cc2c1NCC(C)(C)C. The zero-order chi connectivity index (χ0) is 32.9. The minimum Gasteiger partial charge on any atom is -0.383 e. The molecule has 1 atom stereocenters. The maximum absolute atomic E-state index is 14.1. The molecule has 0 saturated heterocycles. The first-order valence-electron chi connectivity index (χ1n) is 14.6. The Morgan fingerprint density at radius 1 is 1.02 bits per heavy atom. The normalized spacial score (nSPS) is 16.2. The Morgan fingerprint density at radius 3 is 2.41 bits per heavy atom. The van der Waals surface area contributed by atoms with Crippen molar-refractivity contribution in [2.24, 2.45) is 5.41 Å². The number of pyridine rings is 2. The Kier molecular flexibility index (Phi) is 7.39.